The van der Waals surface area contributed by atoms with Crippen LogP contribution in [0.25, 0.3) is 0 Å². The van der Waals surface area contributed by atoms with E-state index in [0.717, 1.165) is 0 Å². The van der Waals surface area contributed by atoms with Crippen molar-refractivity contribution >= 4 is 11.9 Å². The summed E-state index contributed by atoms with van der Waals surface area (Å²) in [5.74, 6) is -0.905. The van der Waals surface area contributed by atoms with Crippen LogP contribution in [-0.2, 0) is 4.79 Å². The average Bonchev–Trinajstić information content (AvgIpc) is 2.21. The molecule has 0 aliphatic heterocycles. The van der Waals surface area contributed by atoms with Gasteiger partial charge in [-0.3, -0.25) is 4.79 Å². The summed E-state index contributed by atoms with van der Waals surface area (Å²) in [6.07, 6.45) is -0.556. The first kappa shape index (κ1) is 12.6. The molecule has 0 atom stereocenters. The molecular weight excluding hydrogens is 234 g/mol. The first-order valence-corrected chi connectivity index (χ1v) is 4.35. The van der Waals surface area contributed by atoms with E-state index in [4.69, 9.17) is 10.2 Å². The minimum atomic E-state index is -1.46. The number of aromatic carboxylic acids is 1. The Morgan fingerprint density at radius 2 is 1.71 bits per heavy atom. The molecule has 0 saturated heterocycles. The minimum Gasteiger partial charge on any atom is -0.481 e. The normalized spacial score (nSPS) is 9.29. The summed E-state index contributed by atoms with van der Waals surface area (Å²) in [7, 11) is 0. The maximum atomic E-state index is 13.2. The van der Waals surface area contributed by atoms with Crippen molar-refractivity contribution in [2.24, 2.45) is 0 Å². The van der Waals surface area contributed by atoms with E-state index in [1.807, 2.05) is 5.92 Å². The maximum absolute atomic E-state index is 13.2. The van der Waals surface area contributed by atoms with Gasteiger partial charge in [0.2, 0.25) is 0 Å². The summed E-state index contributed by atoms with van der Waals surface area (Å²) in [5.41, 5.74) is -1.18. The van der Waals surface area contributed by atoms with Gasteiger partial charge >= 0.3 is 11.9 Å². The zero-order valence-electron chi connectivity index (χ0n) is 8.33. The molecule has 4 nitrogen and oxygen atoms in total. The van der Waals surface area contributed by atoms with E-state index in [-0.39, 0.29) is 0 Å². The summed E-state index contributed by atoms with van der Waals surface area (Å²) in [6.45, 7) is 0. The number of aliphatic carboxylic acids is 1. The van der Waals surface area contributed by atoms with E-state index in [1.54, 1.807) is 0 Å². The van der Waals surface area contributed by atoms with Gasteiger partial charge in [0.15, 0.2) is 0 Å². The SMILES string of the molecule is O=C(O)CC#Cc1c(F)cc(C(=O)O)cc1F. The summed E-state index contributed by atoms with van der Waals surface area (Å²) in [6, 6.07) is 1.24. The van der Waals surface area contributed by atoms with Gasteiger partial charge in [-0.15, -0.1) is 0 Å². The molecule has 0 fully saturated rings. The molecule has 0 aliphatic carbocycles. The van der Waals surface area contributed by atoms with E-state index in [1.165, 1.54) is 0 Å². The molecule has 1 aromatic rings. The number of carboxylic acid groups (broad SMARTS) is 2. The molecule has 2 N–H and O–H groups in total. The molecular formula is C11H6F2O4. The fourth-order valence-corrected chi connectivity index (χ4v) is 1.02. The van der Waals surface area contributed by atoms with Gasteiger partial charge in [0.25, 0.3) is 0 Å². The van der Waals surface area contributed by atoms with Gasteiger partial charge in [0, 0.05) is 0 Å². The van der Waals surface area contributed by atoms with Crippen LogP contribution >= 0.6 is 0 Å². The number of hydrogen-bond donors (Lipinski definition) is 2. The number of carbonyl (C=O) groups is 2. The lowest BCUT2D eigenvalue weighted by molar-refractivity contribution is -0.135. The molecule has 1 rings (SSSR count). The van der Waals surface area contributed by atoms with Crippen molar-refractivity contribution in [3.63, 3.8) is 0 Å². The fourth-order valence-electron chi connectivity index (χ4n) is 1.02. The Labute approximate surface area is 94.5 Å². The highest BCUT2D eigenvalue weighted by Crippen LogP contribution is 2.14. The third-order valence-corrected chi connectivity index (χ3v) is 1.74. The number of benzene rings is 1. The largest absolute Gasteiger partial charge is 0.481 e. The molecule has 0 aromatic heterocycles. The molecule has 0 amide bonds. The Kier molecular flexibility index (Phi) is 3.78. The molecule has 0 bridgehead atoms. The van der Waals surface area contributed by atoms with E-state index in [0.29, 0.717) is 12.1 Å². The average molecular weight is 240 g/mol. The number of halogens is 2. The monoisotopic (exact) mass is 240 g/mol. The second-order valence-corrected chi connectivity index (χ2v) is 2.99. The molecule has 0 heterocycles. The zero-order chi connectivity index (χ0) is 13.0. The van der Waals surface area contributed by atoms with Crippen LogP contribution in [0.5, 0.6) is 0 Å². The third-order valence-electron chi connectivity index (χ3n) is 1.74. The van der Waals surface area contributed by atoms with Crippen LogP contribution in [0.3, 0.4) is 0 Å². The lowest BCUT2D eigenvalue weighted by atomic mass is 10.1. The van der Waals surface area contributed by atoms with Crippen LogP contribution < -0.4 is 0 Å². The Hall–Kier alpha value is -2.42. The zero-order valence-corrected chi connectivity index (χ0v) is 8.33. The molecule has 0 unspecified atom stereocenters. The van der Waals surface area contributed by atoms with Crippen molar-refractivity contribution < 1.29 is 28.6 Å². The van der Waals surface area contributed by atoms with Crippen molar-refractivity contribution in [1.82, 2.24) is 0 Å². The van der Waals surface area contributed by atoms with Gasteiger partial charge in [0.05, 0.1) is 11.1 Å². The summed E-state index contributed by atoms with van der Waals surface area (Å²) < 4.78 is 26.5. The van der Waals surface area contributed by atoms with Crippen LogP contribution in [0.2, 0.25) is 0 Å². The third kappa shape index (κ3) is 3.28. The molecule has 17 heavy (non-hydrogen) atoms. The second-order valence-electron chi connectivity index (χ2n) is 2.99. The molecule has 0 radical (unpaired) electrons. The van der Waals surface area contributed by atoms with Gasteiger partial charge in [-0.1, -0.05) is 11.8 Å². The van der Waals surface area contributed by atoms with Crippen LogP contribution in [0.4, 0.5) is 8.78 Å². The topological polar surface area (TPSA) is 74.6 Å². The van der Waals surface area contributed by atoms with Gasteiger partial charge < -0.3 is 10.2 Å². The summed E-state index contributed by atoms with van der Waals surface area (Å²) in [4.78, 5) is 20.6. The van der Waals surface area contributed by atoms with Crippen molar-refractivity contribution in [1.29, 1.82) is 0 Å². The van der Waals surface area contributed by atoms with E-state index >= 15 is 0 Å². The quantitative estimate of drug-likeness (QED) is 0.768. The van der Waals surface area contributed by atoms with Gasteiger partial charge in [-0.25, -0.2) is 13.6 Å². The summed E-state index contributed by atoms with van der Waals surface area (Å²) >= 11 is 0. The van der Waals surface area contributed by atoms with E-state index in [9.17, 15) is 18.4 Å². The maximum Gasteiger partial charge on any atom is 0.335 e. The Morgan fingerprint density at radius 1 is 1.18 bits per heavy atom. The van der Waals surface area contributed by atoms with Crippen molar-refractivity contribution in [3.05, 3.63) is 34.9 Å². The van der Waals surface area contributed by atoms with Crippen molar-refractivity contribution in [3.8, 4) is 11.8 Å². The predicted molar refractivity (Wildman–Crippen MR) is 52.4 cm³/mol. The van der Waals surface area contributed by atoms with E-state index in [2.05, 4.69) is 5.92 Å². The number of hydrogen-bond acceptors (Lipinski definition) is 2. The van der Waals surface area contributed by atoms with Gasteiger partial charge in [-0.05, 0) is 12.1 Å². The first-order valence-electron chi connectivity index (χ1n) is 4.35. The second kappa shape index (κ2) is 5.07. The van der Waals surface area contributed by atoms with Crippen molar-refractivity contribution in [2.75, 3.05) is 0 Å². The van der Waals surface area contributed by atoms with Crippen LogP contribution in [0.1, 0.15) is 22.3 Å². The van der Waals surface area contributed by atoms with E-state index < -0.39 is 41.1 Å². The highest BCUT2D eigenvalue weighted by Gasteiger charge is 2.12. The standard InChI is InChI=1S/C11H6F2O4/c12-8-4-6(11(16)17)5-9(13)7(8)2-1-3-10(14)15/h4-5H,3H2,(H,14,15)(H,16,17). The lowest BCUT2D eigenvalue weighted by Crippen LogP contribution is -2.01. The lowest BCUT2D eigenvalue weighted by Gasteiger charge is -1.99. The smallest absolute Gasteiger partial charge is 0.335 e. The molecule has 1 aromatic carbocycles. The Morgan fingerprint density at radius 3 is 2.12 bits per heavy atom. The first-order chi connectivity index (χ1) is 7.91. The van der Waals surface area contributed by atoms with Crippen LogP contribution in [0, 0.1) is 23.5 Å². The highest BCUT2D eigenvalue weighted by molar-refractivity contribution is 5.87. The van der Waals surface area contributed by atoms with Crippen molar-refractivity contribution in [2.45, 2.75) is 6.42 Å². The van der Waals surface area contributed by atoms with Gasteiger partial charge in [-0.2, -0.15) is 0 Å². The molecule has 6 heteroatoms. The summed E-state index contributed by atoms with van der Waals surface area (Å²) in [5, 5.41) is 16.8. The molecule has 0 saturated carbocycles. The Bertz CT molecular complexity index is 517. The highest BCUT2D eigenvalue weighted by atomic mass is 19.1. The van der Waals surface area contributed by atoms with Crippen LogP contribution in [0.15, 0.2) is 12.1 Å². The predicted octanol–water partition coefficient (Wildman–Crippen LogP) is 1.49. The number of rotatable bonds is 2. The molecule has 0 spiro atoms. The molecule has 0 aliphatic rings. The molecule has 88 valence electrons. The van der Waals surface area contributed by atoms with Crippen LogP contribution in [-0.4, -0.2) is 22.2 Å². The fraction of sp³-hybridized carbons (Fsp3) is 0.0909. The Balaban J connectivity index is 3.13. The minimum absolute atomic E-state index is 0.538. The van der Waals surface area contributed by atoms with Gasteiger partial charge in [0.1, 0.15) is 18.1 Å². The number of carboxylic acids is 2.